The third-order valence-electron chi connectivity index (χ3n) is 6.46. The molecule has 1 aliphatic rings. The zero-order valence-electron chi connectivity index (χ0n) is 21.3. The third-order valence-corrected chi connectivity index (χ3v) is 7.15. The predicted octanol–water partition coefficient (Wildman–Crippen LogP) is 5.06. The minimum absolute atomic E-state index is 0.0255. The summed E-state index contributed by atoms with van der Waals surface area (Å²) in [7, 11) is 0. The maximum Gasteiger partial charge on any atom is 0.435 e. The fourth-order valence-corrected chi connectivity index (χ4v) is 4.93. The number of amides is 2. The lowest BCUT2D eigenvalue weighted by Crippen LogP contribution is -2.41. The summed E-state index contributed by atoms with van der Waals surface area (Å²) < 4.78 is 46.9. The number of hydrogen-bond donors (Lipinski definition) is 2. The second kappa shape index (κ2) is 12.0. The van der Waals surface area contributed by atoms with E-state index in [4.69, 9.17) is 27.9 Å². The molecule has 2 N–H and O–H groups in total. The molecule has 41 heavy (non-hydrogen) atoms. The highest BCUT2D eigenvalue weighted by Gasteiger charge is 2.37. The summed E-state index contributed by atoms with van der Waals surface area (Å²) in [6.07, 6.45) is -3.55. The lowest BCUT2D eigenvalue weighted by molar-refractivity contribution is -0.141. The van der Waals surface area contributed by atoms with Gasteiger partial charge in [0.25, 0.3) is 11.8 Å². The standard InChI is InChI=1S/C27H23Cl2F3N6O3/c28-19-6-3-7-33-24(19)38-20(15-21(36-38)27(30,31)32)26(40)35-23-18(14-16-4-1-2-5-17(16)22(23)29)25(39)34-8-9-37-10-12-41-13-11-37/h1-7,14-15H,8-13H2,(H,34,39)(H,35,40). The van der Waals surface area contributed by atoms with E-state index in [1.807, 2.05) is 0 Å². The fourth-order valence-electron chi connectivity index (χ4n) is 4.41. The van der Waals surface area contributed by atoms with Crippen LogP contribution in [-0.2, 0) is 10.9 Å². The number of fused-ring (bicyclic) bond motifs is 1. The van der Waals surface area contributed by atoms with Crippen molar-refractivity contribution >= 4 is 51.5 Å². The zero-order chi connectivity index (χ0) is 29.1. The molecule has 0 unspecified atom stereocenters. The van der Waals surface area contributed by atoms with Gasteiger partial charge in [-0.05, 0) is 23.6 Å². The van der Waals surface area contributed by atoms with Crippen LogP contribution in [0.3, 0.4) is 0 Å². The first-order valence-corrected chi connectivity index (χ1v) is 13.3. The Morgan fingerprint density at radius 2 is 1.78 bits per heavy atom. The first-order chi connectivity index (χ1) is 19.6. The summed E-state index contributed by atoms with van der Waals surface area (Å²) in [4.78, 5) is 33.0. The highest BCUT2D eigenvalue weighted by Crippen LogP contribution is 2.36. The molecular weight excluding hydrogens is 584 g/mol. The summed E-state index contributed by atoms with van der Waals surface area (Å²) >= 11 is 12.8. The molecular formula is C27H23Cl2F3N6O3. The first kappa shape index (κ1) is 28.8. The Kier molecular flexibility index (Phi) is 8.45. The molecule has 9 nitrogen and oxygen atoms in total. The van der Waals surface area contributed by atoms with Gasteiger partial charge in [-0.2, -0.15) is 18.3 Å². The van der Waals surface area contributed by atoms with E-state index < -0.39 is 29.4 Å². The van der Waals surface area contributed by atoms with Crippen molar-refractivity contribution in [3.05, 3.63) is 81.7 Å². The number of nitrogens with zero attached hydrogens (tertiary/aromatic N) is 4. The van der Waals surface area contributed by atoms with Gasteiger partial charge in [-0.1, -0.05) is 47.5 Å². The smallest absolute Gasteiger partial charge is 0.379 e. The molecule has 214 valence electrons. The summed E-state index contributed by atoms with van der Waals surface area (Å²) in [5.74, 6) is -1.70. The lowest BCUT2D eigenvalue weighted by atomic mass is 10.0. The van der Waals surface area contributed by atoms with Gasteiger partial charge in [0.2, 0.25) is 0 Å². The maximum absolute atomic E-state index is 13.6. The number of carbonyl (C=O) groups excluding carboxylic acids is 2. The molecule has 2 amide bonds. The molecule has 5 rings (SSSR count). The summed E-state index contributed by atoms with van der Waals surface area (Å²) in [5, 5.41) is 10.1. The van der Waals surface area contributed by atoms with Gasteiger partial charge < -0.3 is 15.4 Å². The van der Waals surface area contributed by atoms with Crippen molar-refractivity contribution in [1.82, 2.24) is 25.0 Å². The van der Waals surface area contributed by atoms with Crippen molar-refractivity contribution in [3.8, 4) is 5.82 Å². The number of rotatable bonds is 7. The number of alkyl halides is 3. The second-order valence-corrected chi connectivity index (χ2v) is 9.92. The number of nitrogens with one attached hydrogen (secondary N) is 2. The molecule has 0 aliphatic carbocycles. The number of anilines is 1. The van der Waals surface area contributed by atoms with Gasteiger partial charge in [0.1, 0.15) is 5.69 Å². The first-order valence-electron chi connectivity index (χ1n) is 12.5. The highest BCUT2D eigenvalue weighted by molar-refractivity contribution is 6.40. The van der Waals surface area contributed by atoms with Crippen LogP contribution in [0.4, 0.5) is 18.9 Å². The van der Waals surface area contributed by atoms with Crippen molar-refractivity contribution in [2.24, 2.45) is 0 Å². The van der Waals surface area contributed by atoms with Crippen LogP contribution in [0.25, 0.3) is 16.6 Å². The maximum atomic E-state index is 13.6. The Hall–Kier alpha value is -3.71. The number of pyridine rings is 1. The van der Waals surface area contributed by atoms with Gasteiger partial charge in [0.15, 0.2) is 11.5 Å². The van der Waals surface area contributed by atoms with Crippen LogP contribution in [-0.4, -0.2) is 70.9 Å². The van der Waals surface area contributed by atoms with E-state index in [-0.39, 0.29) is 27.1 Å². The number of hydrogen-bond acceptors (Lipinski definition) is 6. The van der Waals surface area contributed by atoms with Crippen LogP contribution in [0, 0.1) is 0 Å². The molecule has 14 heteroatoms. The normalized spacial score (nSPS) is 14.3. The molecule has 4 aromatic rings. The van der Waals surface area contributed by atoms with Gasteiger partial charge in [0.05, 0.1) is 34.5 Å². The monoisotopic (exact) mass is 606 g/mol. The molecule has 0 spiro atoms. The van der Waals surface area contributed by atoms with E-state index in [1.165, 1.54) is 18.3 Å². The molecule has 0 radical (unpaired) electrons. The topological polar surface area (TPSA) is 101 Å². The SMILES string of the molecule is O=C(NCCN1CCOCC1)c1cc2ccccc2c(Cl)c1NC(=O)c1cc(C(F)(F)F)nn1-c1ncccc1Cl. The van der Waals surface area contributed by atoms with Gasteiger partial charge >= 0.3 is 6.18 Å². The van der Waals surface area contributed by atoms with E-state index in [0.29, 0.717) is 47.8 Å². The average molecular weight is 607 g/mol. The number of benzene rings is 2. The van der Waals surface area contributed by atoms with E-state index in [1.54, 1.807) is 30.3 Å². The minimum Gasteiger partial charge on any atom is -0.379 e. The minimum atomic E-state index is -4.85. The molecule has 3 heterocycles. The van der Waals surface area contributed by atoms with Gasteiger partial charge in [-0.15, -0.1) is 0 Å². The number of halogens is 5. The van der Waals surface area contributed by atoms with E-state index >= 15 is 0 Å². The van der Waals surface area contributed by atoms with E-state index in [0.717, 1.165) is 13.1 Å². The molecule has 0 atom stereocenters. The summed E-state index contributed by atoms with van der Waals surface area (Å²) in [6, 6.07) is 12.0. The quantitative estimate of drug-likeness (QED) is 0.305. The van der Waals surface area contributed by atoms with Gasteiger partial charge in [-0.25, -0.2) is 9.67 Å². The Labute approximate surface area is 242 Å². The molecule has 1 aliphatic heterocycles. The number of aromatic nitrogens is 3. The summed E-state index contributed by atoms with van der Waals surface area (Å²) in [6.45, 7) is 3.61. The zero-order valence-corrected chi connectivity index (χ0v) is 22.9. The summed E-state index contributed by atoms with van der Waals surface area (Å²) in [5.41, 5.74) is -1.86. The lowest BCUT2D eigenvalue weighted by Gasteiger charge is -2.26. The van der Waals surface area contributed by atoms with Crippen LogP contribution in [0.2, 0.25) is 10.0 Å². The Morgan fingerprint density at radius 1 is 1.02 bits per heavy atom. The number of carbonyl (C=O) groups is 2. The molecule has 1 saturated heterocycles. The van der Waals surface area contributed by atoms with Gasteiger partial charge in [-0.3, -0.25) is 14.5 Å². The third kappa shape index (κ3) is 6.30. The predicted molar refractivity (Wildman–Crippen MR) is 148 cm³/mol. The van der Waals surface area contributed by atoms with Gasteiger partial charge in [0, 0.05) is 43.8 Å². The Bertz CT molecular complexity index is 1610. The second-order valence-electron chi connectivity index (χ2n) is 9.13. The molecule has 0 bridgehead atoms. The Balaban J connectivity index is 1.50. The average Bonchev–Trinajstić information content (AvgIpc) is 3.41. The van der Waals surface area contributed by atoms with Crippen molar-refractivity contribution in [2.45, 2.75) is 6.18 Å². The Morgan fingerprint density at radius 3 is 2.51 bits per heavy atom. The van der Waals surface area contributed by atoms with E-state index in [9.17, 15) is 22.8 Å². The van der Waals surface area contributed by atoms with E-state index in [2.05, 4.69) is 25.6 Å². The van der Waals surface area contributed by atoms with Crippen LogP contribution < -0.4 is 10.6 Å². The van der Waals surface area contributed by atoms with Crippen LogP contribution >= 0.6 is 23.2 Å². The molecule has 0 saturated carbocycles. The molecule has 1 fully saturated rings. The largest absolute Gasteiger partial charge is 0.435 e. The molecule has 2 aromatic carbocycles. The van der Waals surface area contributed by atoms with Crippen molar-refractivity contribution in [2.75, 3.05) is 44.7 Å². The van der Waals surface area contributed by atoms with Crippen LogP contribution in [0.15, 0.2) is 54.7 Å². The highest BCUT2D eigenvalue weighted by atomic mass is 35.5. The van der Waals surface area contributed by atoms with Crippen LogP contribution in [0.5, 0.6) is 0 Å². The number of ether oxygens (including phenoxy) is 1. The van der Waals surface area contributed by atoms with Crippen molar-refractivity contribution < 1.29 is 27.5 Å². The van der Waals surface area contributed by atoms with Crippen LogP contribution in [0.1, 0.15) is 26.5 Å². The molecule has 2 aromatic heterocycles. The number of morpholine rings is 1. The fraction of sp³-hybridized carbons (Fsp3) is 0.259. The van der Waals surface area contributed by atoms with Crippen molar-refractivity contribution in [3.63, 3.8) is 0 Å². The van der Waals surface area contributed by atoms with Crippen molar-refractivity contribution in [1.29, 1.82) is 0 Å².